The van der Waals surface area contributed by atoms with Gasteiger partial charge in [0, 0.05) is 32.9 Å². The summed E-state index contributed by atoms with van der Waals surface area (Å²) in [5, 5.41) is -2.25. The number of para-hydroxylation sites is 2. The summed E-state index contributed by atoms with van der Waals surface area (Å²) in [6.07, 6.45) is 0. The van der Waals surface area contributed by atoms with Gasteiger partial charge < -0.3 is 9.13 Å². The van der Waals surface area contributed by atoms with Crippen molar-refractivity contribution >= 4 is 43.6 Å². The second kappa shape index (κ2) is 9.86. The molecule has 9 rings (SSSR count). The van der Waals surface area contributed by atoms with Crippen molar-refractivity contribution in [3.63, 3.8) is 0 Å². The van der Waals surface area contributed by atoms with E-state index in [1.54, 1.807) is 0 Å². The summed E-state index contributed by atoms with van der Waals surface area (Å²) in [5.41, 5.74) is -7.43. The molecule has 0 saturated carbocycles. The highest BCUT2D eigenvalue weighted by Gasteiger charge is 2.18. The second-order valence-corrected chi connectivity index (χ2v) is 9.26. The van der Waals surface area contributed by atoms with Gasteiger partial charge in [-0.1, -0.05) is 121 Å². The Hall–Kier alpha value is -5.86. The van der Waals surface area contributed by atoms with Crippen molar-refractivity contribution in [3.05, 3.63) is 169 Å². The van der Waals surface area contributed by atoms with Crippen LogP contribution in [0.3, 0.4) is 0 Å². The first kappa shape index (κ1) is 9.57. The van der Waals surface area contributed by atoms with Gasteiger partial charge >= 0.3 is 0 Å². The average molecular weight is 589 g/mol. The van der Waals surface area contributed by atoms with Crippen molar-refractivity contribution in [1.82, 2.24) is 9.13 Å². The van der Waals surface area contributed by atoms with E-state index in [4.69, 9.17) is 30.2 Å². The number of hydrogen-bond acceptors (Lipinski definition) is 0. The second-order valence-electron chi connectivity index (χ2n) is 9.26. The van der Waals surface area contributed by atoms with E-state index in [0.29, 0.717) is 9.13 Å². The molecule has 44 heavy (non-hydrogen) atoms. The molecule has 2 aromatic heterocycles. The predicted octanol–water partition coefficient (Wildman–Crippen LogP) is 11.2. The Balaban J connectivity index is 1.56. The molecular formula is C42H28N2. The van der Waals surface area contributed by atoms with Crippen LogP contribution in [0.5, 0.6) is 0 Å². The maximum absolute atomic E-state index is 10.1. The zero-order chi connectivity index (χ0) is 53.4. The van der Waals surface area contributed by atoms with Crippen LogP contribution in [0, 0.1) is 0 Å². The third-order valence-electron chi connectivity index (χ3n) is 6.86. The fourth-order valence-corrected chi connectivity index (χ4v) is 4.99. The first-order valence-electron chi connectivity index (χ1n) is 26.8. The Morgan fingerprint density at radius 2 is 0.659 bits per heavy atom. The SMILES string of the molecule is [2H]c1c([2H])c([2H])c(-c2c([2H])c([2H])c(-n3c4c([2H])c([2H])c([2H])c([2H])c4c4c([2H])c5c6c([2H])c([2H])c([2H])c([2H])c6n(-c6c([2H])c([2H])c(-c7c([2H])c([2H])c([2H])c([2H])c7[2H])c([2H])c6[2H])c5c([2H])c43)c([2H])c2[2H])c([2H])c1[2H]. The Morgan fingerprint density at radius 1 is 0.295 bits per heavy atom. The molecule has 2 heteroatoms. The largest absolute Gasteiger partial charge is 0.309 e. The van der Waals surface area contributed by atoms with Gasteiger partial charge in [-0.3, -0.25) is 0 Å². The first-order valence-corrected chi connectivity index (χ1v) is 12.8. The molecule has 0 aliphatic carbocycles. The highest BCUT2D eigenvalue weighted by atomic mass is 15.0. The van der Waals surface area contributed by atoms with E-state index in [0.717, 1.165) is 0 Å². The molecule has 0 saturated heterocycles. The van der Waals surface area contributed by atoms with Gasteiger partial charge in [-0.25, -0.2) is 0 Å². The van der Waals surface area contributed by atoms with Crippen LogP contribution in [-0.2, 0) is 0 Å². The van der Waals surface area contributed by atoms with Crippen molar-refractivity contribution in [2.75, 3.05) is 0 Å². The summed E-state index contributed by atoms with van der Waals surface area (Å²) >= 11 is 0. The van der Waals surface area contributed by atoms with E-state index >= 15 is 0 Å². The lowest BCUT2D eigenvalue weighted by atomic mass is 10.1. The van der Waals surface area contributed by atoms with Crippen LogP contribution in [0.25, 0.3) is 77.2 Å². The number of nitrogens with zero attached hydrogens (tertiary/aromatic N) is 2. The van der Waals surface area contributed by atoms with Crippen molar-refractivity contribution in [3.8, 4) is 33.6 Å². The zero-order valence-corrected chi connectivity index (χ0v) is 21.9. The molecular weight excluding hydrogens is 532 g/mol. The maximum atomic E-state index is 10.1. The summed E-state index contributed by atoms with van der Waals surface area (Å²) in [6.45, 7) is 0. The van der Waals surface area contributed by atoms with Gasteiger partial charge in [-0.15, -0.1) is 0 Å². The highest BCUT2D eigenvalue weighted by molar-refractivity contribution is 6.19. The third-order valence-corrected chi connectivity index (χ3v) is 6.86. The van der Waals surface area contributed by atoms with Crippen LogP contribution < -0.4 is 0 Å². The minimum absolute atomic E-state index is 0.558. The van der Waals surface area contributed by atoms with Crippen molar-refractivity contribution in [2.45, 2.75) is 0 Å². The molecule has 0 unspecified atom stereocenters. The van der Waals surface area contributed by atoms with E-state index in [-0.39, 0.29) is 0 Å². The number of fused-ring (bicyclic) bond motifs is 6. The third kappa shape index (κ3) is 3.82. The van der Waals surface area contributed by atoms with Crippen molar-refractivity contribution in [1.29, 1.82) is 0 Å². The maximum Gasteiger partial charge on any atom is 0.0668 e. The number of aromatic nitrogens is 2. The zero-order valence-electron chi connectivity index (χ0n) is 49.9. The Labute approximate surface area is 295 Å². The molecule has 0 amide bonds. The molecule has 206 valence electrons. The summed E-state index contributed by atoms with van der Waals surface area (Å²) in [5.74, 6) is 0. The number of benzene rings is 7. The molecule has 0 N–H and O–H groups in total. The van der Waals surface area contributed by atoms with E-state index in [9.17, 15) is 8.22 Å². The Kier molecular flexibility index (Phi) is 2.14. The van der Waals surface area contributed by atoms with E-state index in [1.165, 1.54) is 0 Å². The van der Waals surface area contributed by atoms with Crippen LogP contribution in [0.2, 0.25) is 0 Å². The van der Waals surface area contributed by atoms with Crippen molar-refractivity contribution < 1.29 is 38.4 Å². The lowest BCUT2D eigenvalue weighted by Gasteiger charge is -2.11. The molecule has 7 aromatic carbocycles. The van der Waals surface area contributed by atoms with Crippen LogP contribution >= 0.6 is 0 Å². The normalized spacial score (nSPS) is 20.5. The van der Waals surface area contributed by atoms with Gasteiger partial charge in [-0.05, 0) is 70.6 Å². The topological polar surface area (TPSA) is 9.86 Å². The van der Waals surface area contributed by atoms with Gasteiger partial charge in [0.1, 0.15) is 0 Å². The fourth-order valence-electron chi connectivity index (χ4n) is 4.99. The molecule has 0 aliphatic heterocycles. The molecule has 0 atom stereocenters. The summed E-state index contributed by atoms with van der Waals surface area (Å²) in [4.78, 5) is 0. The van der Waals surface area contributed by atoms with E-state index < -0.39 is 246 Å². The molecule has 0 bridgehead atoms. The van der Waals surface area contributed by atoms with Crippen molar-refractivity contribution in [2.24, 2.45) is 0 Å². The van der Waals surface area contributed by atoms with Gasteiger partial charge in [0.05, 0.1) is 60.4 Å². The van der Waals surface area contributed by atoms with Gasteiger partial charge in [-0.2, -0.15) is 0 Å². The minimum atomic E-state index is -1.06. The van der Waals surface area contributed by atoms with Crippen LogP contribution in [-0.4, -0.2) is 9.13 Å². The molecule has 0 aliphatic rings. The fraction of sp³-hybridized carbons (Fsp3) is 0. The lowest BCUT2D eigenvalue weighted by molar-refractivity contribution is 1.16. The lowest BCUT2D eigenvalue weighted by Crippen LogP contribution is -1.96. The monoisotopic (exact) mass is 588 g/mol. The number of hydrogen-bond donors (Lipinski definition) is 0. The average Bonchev–Trinajstić information content (AvgIpc) is 3.89. The number of rotatable bonds is 4. The summed E-state index contributed by atoms with van der Waals surface area (Å²) < 4.78 is 250. The van der Waals surface area contributed by atoms with Crippen LogP contribution in [0.4, 0.5) is 0 Å². The van der Waals surface area contributed by atoms with Gasteiger partial charge in [0.25, 0.3) is 0 Å². The predicted molar refractivity (Wildman–Crippen MR) is 186 cm³/mol. The molecule has 2 nitrogen and oxygen atoms in total. The summed E-state index contributed by atoms with van der Waals surface area (Å²) in [6, 6.07) is -26.0. The minimum Gasteiger partial charge on any atom is -0.309 e. The first-order chi connectivity index (χ1) is 33.5. The molecule has 2 heterocycles. The van der Waals surface area contributed by atoms with Crippen LogP contribution in [0.15, 0.2) is 169 Å². The highest BCUT2D eigenvalue weighted by Crippen LogP contribution is 2.40. The molecule has 0 fully saturated rings. The Bertz CT molecular complexity index is 3700. The standard InChI is InChI=1S/C42H28N2/c1-3-11-29(12-4-1)31-19-23-33(24-20-31)43-39-17-9-7-15-35(39)37-27-38-36-16-8-10-18-40(36)44(42(38)28-41(37)43)34-25-21-32(22-26-34)30-13-5-2-6-14-30/h1-28H/i1D,2D,3D,4D,5D,6D,7D,8D,9D,10D,11D,12D,13D,14D,15D,16D,17D,18D,19D,20D,21D,22D,23D,24D,25D,26D,27D,28D. The molecule has 9 aromatic rings. The molecule has 0 radical (unpaired) electrons. The Morgan fingerprint density at radius 3 is 1.09 bits per heavy atom. The van der Waals surface area contributed by atoms with E-state index in [1.807, 2.05) is 0 Å². The van der Waals surface area contributed by atoms with Gasteiger partial charge in [0.15, 0.2) is 0 Å². The van der Waals surface area contributed by atoms with Crippen LogP contribution in [0.1, 0.15) is 38.4 Å². The smallest absolute Gasteiger partial charge is 0.0668 e. The van der Waals surface area contributed by atoms with E-state index in [2.05, 4.69) is 0 Å². The van der Waals surface area contributed by atoms with Gasteiger partial charge in [0.2, 0.25) is 0 Å². The summed E-state index contributed by atoms with van der Waals surface area (Å²) in [7, 11) is 0. The quantitative estimate of drug-likeness (QED) is 0.193. The molecule has 0 spiro atoms.